The molecule has 0 radical (unpaired) electrons. The van der Waals surface area contributed by atoms with E-state index in [4.69, 9.17) is 9.84 Å². The molecule has 0 amide bonds. The second-order valence-corrected chi connectivity index (χ2v) is 5.48. The maximum absolute atomic E-state index is 11.9. The molecule has 0 heterocycles. The highest BCUT2D eigenvalue weighted by Crippen LogP contribution is 2.32. The molecule has 0 aliphatic carbocycles. The van der Waals surface area contributed by atoms with Crippen LogP contribution in [0, 0.1) is 0 Å². The van der Waals surface area contributed by atoms with Gasteiger partial charge in [0.1, 0.15) is 5.75 Å². The Kier molecular flexibility index (Phi) is 4.70. The fourth-order valence-corrected chi connectivity index (χ4v) is 1.83. The summed E-state index contributed by atoms with van der Waals surface area (Å²) in [5, 5.41) is 8.60. The van der Waals surface area contributed by atoms with Crippen molar-refractivity contribution in [3.8, 4) is 5.75 Å². The molecule has 1 aromatic carbocycles. The number of carbonyl (C=O) groups excluding carboxylic acids is 1. The highest BCUT2D eigenvalue weighted by Gasteiger charge is 2.20. The molecule has 0 atom stereocenters. The number of ether oxygens (including phenoxy) is 1. The monoisotopic (exact) mass is 264 g/mol. The third-order valence-corrected chi connectivity index (χ3v) is 2.90. The van der Waals surface area contributed by atoms with E-state index in [9.17, 15) is 9.59 Å². The molecule has 0 unspecified atom stereocenters. The van der Waals surface area contributed by atoms with E-state index in [-0.39, 0.29) is 24.0 Å². The van der Waals surface area contributed by atoms with E-state index in [1.165, 1.54) is 0 Å². The number of aliphatic carboxylic acids is 1. The summed E-state index contributed by atoms with van der Waals surface area (Å²) in [5.41, 5.74) is 1.33. The lowest BCUT2D eigenvalue weighted by Crippen LogP contribution is -2.14. The van der Waals surface area contributed by atoms with Gasteiger partial charge in [-0.15, -0.1) is 0 Å². The van der Waals surface area contributed by atoms with Crippen LogP contribution in [-0.2, 0) is 10.2 Å². The van der Waals surface area contributed by atoms with Crippen LogP contribution in [0.4, 0.5) is 0 Å². The summed E-state index contributed by atoms with van der Waals surface area (Å²) < 4.78 is 5.30. The van der Waals surface area contributed by atoms with Gasteiger partial charge in [-0.3, -0.25) is 9.59 Å². The first-order valence-electron chi connectivity index (χ1n) is 6.19. The minimum Gasteiger partial charge on any atom is -0.496 e. The van der Waals surface area contributed by atoms with E-state index < -0.39 is 5.97 Å². The van der Waals surface area contributed by atoms with Crippen LogP contribution in [0.5, 0.6) is 5.75 Å². The van der Waals surface area contributed by atoms with Gasteiger partial charge < -0.3 is 9.84 Å². The van der Waals surface area contributed by atoms with E-state index in [0.717, 1.165) is 11.3 Å². The molecule has 1 aromatic rings. The molecule has 0 spiro atoms. The quantitative estimate of drug-likeness (QED) is 0.830. The van der Waals surface area contributed by atoms with Crippen molar-refractivity contribution in [2.45, 2.75) is 39.0 Å². The van der Waals surface area contributed by atoms with Gasteiger partial charge in [0.15, 0.2) is 5.78 Å². The van der Waals surface area contributed by atoms with Crippen molar-refractivity contribution >= 4 is 11.8 Å². The summed E-state index contributed by atoms with van der Waals surface area (Å²) in [4.78, 5) is 22.4. The van der Waals surface area contributed by atoms with Crippen molar-refractivity contribution in [1.29, 1.82) is 0 Å². The number of carboxylic acid groups (broad SMARTS) is 1. The number of hydrogen-bond donors (Lipinski definition) is 1. The first-order chi connectivity index (χ1) is 8.75. The smallest absolute Gasteiger partial charge is 0.303 e. The lowest BCUT2D eigenvalue weighted by Gasteiger charge is -2.22. The van der Waals surface area contributed by atoms with Crippen LogP contribution in [0.3, 0.4) is 0 Å². The molecule has 104 valence electrons. The van der Waals surface area contributed by atoms with Crippen molar-refractivity contribution in [1.82, 2.24) is 0 Å². The molecule has 0 saturated carbocycles. The van der Waals surface area contributed by atoms with Gasteiger partial charge in [-0.1, -0.05) is 20.8 Å². The summed E-state index contributed by atoms with van der Waals surface area (Å²) in [6.07, 6.45) is -0.124. The van der Waals surface area contributed by atoms with E-state index in [1.807, 2.05) is 20.8 Å². The number of ketones is 1. The summed E-state index contributed by atoms with van der Waals surface area (Å²) in [6.45, 7) is 6.11. The van der Waals surface area contributed by atoms with Crippen LogP contribution in [0.15, 0.2) is 18.2 Å². The van der Waals surface area contributed by atoms with Gasteiger partial charge >= 0.3 is 5.97 Å². The van der Waals surface area contributed by atoms with Gasteiger partial charge in [-0.25, -0.2) is 0 Å². The second-order valence-electron chi connectivity index (χ2n) is 5.48. The predicted octanol–water partition coefficient (Wildman–Crippen LogP) is 3.04. The Hall–Kier alpha value is -1.84. The Morgan fingerprint density at radius 3 is 2.32 bits per heavy atom. The molecule has 19 heavy (non-hydrogen) atoms. The van der Waals surface area contributed by atoms with E-state index in [2.05, 4.69) is 0 Å². The molecular formula is C15H20O4. The summed E-state index contributed by atoms with van der Waals surface area (Å²) >= 11 is 0. The minimum absolute atomic E-state index is 0.0191. The fraction of sp³-hybridized carbons (Fsp3) is 0.467. The highest BCUT2D eigenvalue weighted by atomic mass is 16.5. The molecule has 4 heteroatoms. The largest absolute Gasteiger partial charge is 0.496 e. The van der Waals surface area contributed by atoms with Gasteiger partial charge in [0.05, 0.1) is 13.5 Å². The van der Waals surface area contributed by atoms with Crippen LogP contribution in [0.1, 0.15) is 49.5 Å². The summed E-state index contributed by atoms with van der Waals surface area (Å²) in [5.74, 6) is -0.379. The Morgan fingerprint density at radius 2 is 1.84 bits per heavy atom. The van der Waals surface area contributed by atoms with Crippen molar-refractivity contribution in [2.24, 2.45) is 0 Å². The van der Waals surface area contributed by atoms with Gasteiger partial charge in [0.2, 0.25) is 0 Å². The van der Waals surface area contributed by atoms with Crippen LogP contribution >= 0.6 is 0 Å². The zero-order chi connectivity index (χ0) is 14.6. The average Bonchev–Trinajstić information content (AvgIpc) is 2.34. The third-order valence-electron chi connectivity index (χ3n) is 2.90. The van der Waals surface area contributed by atoms with Crippen molar-refractivity contribution < 1.29 is 19.4 Å². The number of carbonyl (C=O) groups is 2. The Balaban J connectivity index is 3.05. The highest BCUT2D eigenvalue weighted by molar-refractivity contribution is 5.97. The van der Waals surface area contributed by atoms with Gasteiger partial charge in [-0.2, -0.15) is 0 Å². The van der Waals surface area contributed by atoms with E-state index in [0.29, 0.717) is 5.56 Å². The molecule has 1 rings (SSSR count). The first-order valence-corrected chi connectivity index (χ1v) is 6.19. The number of hydrogen-bond acceptors (Lipinski definition) is 3. The standard InChI is InChI=1S/C15H20O4/c1-15(2,3)11-9-10(5-7-13(11)19-4)12(16)6-8-14(17)18/h5,7,9H,6,8H2,1-4H3,(H,17,18). The molecular weight excluding hydrogens is 244 g/mol. The lowest BCUT2D eigenvalue weighted by molar-refractivity contribution is -0.136. The fourth-order valence-electron chi connectivity index (χ4n) is 1.83. The predicted molar refractivity (Wildman–Crippen MR) is 72.9 cm³/mol. The molecule has 0 bridgehead atoms. The molecule has 0 aromatic heterocycles. The van der Waals surface area contributed by atoms with Crippen LogP contribution in [0.2, 0.25) is 0 Å². The molecule has 0 aliphatic heterocycles. The number of benzene rings is 1. The van der Waals surface area contributed by atoms with Gasteiger partial charge in [-0.05, 0) is 23.6 Å². The molecule has 1 N–H and O–H groups in total. The number of rotatable bonds is 5. The van der Waals surface area contributed by atoms with Crippen LogP contribution in [-0.4, -0.2) is 24.0 Å². The maximum atomic E-state index is 11.9. The number of methoxy groups -OCH3 is 1. The van der Waals surface area contributed by atoms with Crippen LogP contribution < -0.4 is 4.74 Å². The topological polar surface area (TPSA) is 63.6 Å². The van der Waals surface area contributed by atoms with Crippen molar-refractivity contribution in [3.63, 3.8) is 0 Å². The Labute approximate surface area is 113 Å². The normalized spacial score (nSPS) is 11.2. The Bertz CT molecular complexity index is 483. The molecule has 4 nitrogen and oxygen atoms in total. The van der Waals surface area contributed by atoms with Crippen LogP contribution in [0.25, 0.3) is 0 Å². The summed E-state index contributed by atoms with van der Waals surface area (Å²) in [6, 6.07) is 5.23. The van der Waals surface area contributed by atoms with Gasteiger partial charge in [0, 0.05) is 17.5 Å². The lowest BCUT2D eigenvalue weighted by atomic mass is 9.84. The van der Waals surface area contributed by atoms with E-state index >= 15 is 0 Å². The van der Waals surface area contributed by atoms with Gasteiger partial charge in [0.25, 0.3) is 0 Å². The van der Waals surface area contributed by atoms with Crippen molar-refractivity contribution in [3.05, 3.63) is 29.3 Å². The van der Waals surface area contributed by atoms with Crippen molar-refractivity contribution in [2.75, 3.05) is 7.11 Å². The summed E-state index contributed by atoms with van der Waals surface area (Å²) in [7, 11) is 1.59. The average molecular weight is 264 g/mol. The first kappa shape index (κ1) is 15.2. The zero-order valence-corrected chi connectivity index (χ0v) is 11.8. The maximum Gasteiger partial charge on any atom is 0.303 e. The Morgan fingerprint density at radius 1 is 1.21 bits per heavy atom. The number of Topliss-reactive ketones (excluding diaryl/α,β-unsaturated/α-hetero) is 1. The second kappa shape index (κ2) is 5.87. The third kappa shape index (κ3) is 4.09. The molecule has 0 saturated heterocycles. The minimum atomic E-state index is -0.960. The SMILES string of the molecule is COc1ccc(C(=O)CCC(=O)O)cc1C(C)(C)C. The zero-order valence-electron chi connectivity index (χ0n) is 11.8. The molecule has 0 fully saturated rings. The molecule has 0 aliphatic rings. The van der Waals surface area contributed by atoms with E-state index in [1.54, 1.807) is 25.3 Å². The number of carboxylic acids is 1.